The lowest BCUT2D eigenvalue weighted by atomic mass is 10.1. The molecule has 0 aliphatic carbocycles. The number of aromatic nitrogens is 2. The molecule has 0 bridgehead atoms. The number of benzene rings is 2. The van der Waals surface area contributed by atoms with Crippen LogP contribution in [0, 0.1) is 0 Å². The molecular weight excluding hydrogens is 374 g/mol. The van der Waals surface area contributed by atoms with Gasteiger partial charge in [-0.1, -0.05) is 23.4 Å². The lowest BCUT2D eigenvalue weighted by Gasteiger charge is -2.06. The number of ketones is 1. The number of H-pyrrole nitrogens is 1. The van der Waals surface area contributed by atoms with E-state index < -0.39 is 0 Å². The van der Waals surface area contributed by atoms with Crippen LogP contribution in [0.3, 0.4) is 0 Å². The molecule has 26 heavy (non-hydrogen) atoms. The third-order valence-corrected chi connectivity index (χ3v) is 5.31. The number of imidazole rings is 1. The Hall–Kier alpha value is -2.51. The number of carbonyl (C=O) groups is 2. The predicted octanol–water partition coefficient (Wildman–Crippen LogP) is 3.69. The van der Waals surface area contributed by atoms with Crippen LogP contribution in [0.25, 0.3) is 11.0 Å². The number of ether oxygens (including phenoxy) is 1. The van der Waals surface area contributed by atoms with Crippen LogP contribution in [0.2, 0.25) is 5.02 Å². The first-order valence-corrected chi connectivity index (χ1v) is 9.22. The van der Waals surface area contributed by atoms with E-state index in [2.05, 4.69) is 15.3 Å². The Morgan fingerprint density at radius 2 is 2.19 bits per heavy atom. The highest BCUT2D eigenvalue weighted by molar-refractivity contribution is 7.99. The maximum atomic E-state index is 12.6. The van der Waals surface area contributed by atoms with Crippen LogP contribution in [0.5, 0.6) is 5.75 Å². The minimum Gasteiger partial charge on any atom is -0.497 e. The first-order chi connectivity index (χ1) is 12.5. The molecule has 1 amide bonds. The van der Waals surface area contributed by atoms with E-state index in [1.165, 1.54) is 11.8 Å². The van der Waals surface area contributed by atoms with Gasteiger partial charge in [0.1, 0.15) is 5.75 Å². The van der Waals surface area contributed by atoms with E-state index in [1.54, 1.807) is 19.2 Å². The van der Waals surface area contributed by atoms with Gasteiger partial charge in [-0.2, -0.15) is 0 Å². The molecule has 1 aromatic heterocycles. The number of carbonyl (C=O) groups excluding carboxylic acids is 2. The van der Waals surface area contributed by atoms with Crippen LogP contribution in [-0.4, -0.2) is 34.5 Å². The summed E-state index contributed by atoms with van der Waals surface area (Å²) in [4.78, 5) is 31.7. The number of anilines is 1. The van der Waals surface area contributed by atoms with E-state index in [0.29, 0.717) is 21.4 Å². The summed E-state index contributed by atoms with van der Waals surface area (Å²) in [6, 6.07) is 8.88. The number of hydrogen-bond acceptors (Lipinski definition) is 5. The number of hydrogen-bond donors (Lipinski definition) is 2. The molecule has 0 unspecified atom stereocenters. The molecule has 8 heteroatoms. The zero-order chi connectivity index (χ0) is 18.3. The molecule has 0 fully saturated rings. The first-order valence-electron chi connectivity index (χ1n) is 7.85. The largest absolute Gasteiger partial charge is 0.497 e. The Bertz CT molecular complexity index is 1050. The minimum absolute atomic E-state index is 0.0901. The van der Waals surface area contributed by atoms with Crippen molar-refractivity contribution in [1.29, 1.82) is 0 Å². The Morgan fingerprint density at radius 3 is 3.00 bits per heavy atom. The average molecular weight is 388 g/mol. The number of methoxy groups -OCH3 is 1. The molecule has 2 heterocycles. The molecule has 6 nitrogen and oxygen atoms in total. The van der Waals surface area contributed by atoms with Gasteiger partial charge in [0.05, 0.1) is 35.3 Å². The van der Waals surface area contributed by atoms with Crippen LogP contribution in [0.1, 0.15) is 15.9 Å². The van der Waals surface area contributed by atoms with E-state index in [0.717, 1.165) is 22.3 Å². The Kier molecular flexibility index (Phi) is 4.34. The van der Waals surface area contributed by atoms with Crippen molar-refractivity contribution in [2.45, 2.75) is 11.6 Å². The fourth-order valence-electron chi connectivity index (χ4n) is 2.83. The molecule has 0 atom stereocenters. The zero-order valence-electron chi connectivity index (χ0n) is 13.8. The molecule has 2 aromatic carbocycles. The summed E-state index contributed by atoms with van der Waals surface area (Å²) in [6.45, 7) is 0. The van der Waals surface area contributed by atoms with Gasteiger partial charge in [-0.3, -0.25) is 9.59 Å². The van der Waals surface area contributed by atoms with Gasteiger partial charge in [-0.15, -0.1) is 0 Å². The molecule has 1 aliphatic rings. The second-order valence-corrected chi connectivity index (χ2v) is 7.22. The number of rotatable bonds is 5. The van der Waals surface area contributed by atoms with Crippen molar-refractivity contribution >= 4 is 51.8 Å². The number of fused-ring (bicyclic) bond motifs is 2. The highest BCUT2D eigenvalue weighted by Gasteiger charge is 2.22. The van der Waals surface area contributed by atoms with Crippen LogP contribution in [-0.2, 0) is 11.2 Å². The number of Topliss-reactive ketones (excluding diaryl/α,β-unsaturated/α-hetero) is 1. The van der Waals surface area contributed by atoms with Crippen LogP contribution < -0.4 is 10.1 Å². The topological polar surface area (TPSA) is 84.1 Å². The zero-order valence-corrected chi connectivity index (χ0v) is 15.3. The monoisotopic (exact) mass is 387 g/mol. The number of amides is 1. The highest BCUT2D eigenvalue weighted by Crippen LogP contribution is 2.31. The normalized spacial score (nSPS) is 12.9. The van der Waals surface area contributed by atoms with Gasteiger partial charge in [0, 0.05) is 17.3 Å². The molecule has 4 rings (SSSR count). The fourth-order valence-corrected chi connectivity index (χ4v) is 3.87. The second kappa shape index (κ2) is 6.66. The quantitative estimate of drug-likeness (QED) is 0.515. The molecule has 0 spiro atoms. The molecule has 0 saturated heterocycles. The predicted molar refractivity (Wildman–Crippen MR) is 101 cm³/mol. The van der Waals surface area contributed by atoms with Gasteiger partial charge in [0.25, 0.3) is 0 Å². The molecule has 2 N–H and O–H groups in total. The van der Waals surface area contributed by atoms with E-state index >= 15 is 0 Å². The lowest BCUT2D eigenvalue weighted by Crippen LogP contribution is -2.04. The molecule has 0 radical (unpaired) electrons. The summed E-state index contributed by atoms with van der Waals surface area (Å²) in [7, 11) is 1.61. The number of aromatic amines is 1. The number of thioether (sulfide) groups is 1. The Morgan fingerprint density at radius 1 is 1.35 bits per heavy atom. The summed E-state index contributed by atoms with van der Waals surface area (Å²) in [5.41, 5.74) is 3.55. The maximum Gasteiger partial charge on any atom is 0.228 e. The lowest BCUT2D eigenvalue weighted by molar-refractivity contribution is -0.115. The van der Waals surface area contributed by atoms with Crippen LogP contribution in [0.15, 0.2) is 35.5 Å². The van der Waals surface area contributed by atoms with E-state index in [9.17, 15) is 9.59 Å². The maximum absolute atomic E-state index is 12.6. The van der Waals surface area contributed by atoms with Gasteiger partial charge >= 0.3 is 0 Å². The van der Waals surface area contributed by atoms with Gasteiger partial charge in [0.15, 0.2) is 10.9 Å². The van der Waals surface area contributed by atoms with Gasteiger partial charge in [0.2, 0.25) is 5.91 Å². The van der Waals surface area contributed by atoms with Gasteiger partial charge in [-0.25, -0.2) is 4.98 Å². The standard InChI is InChI=1S/C18H14ClN3O3S/c1-25-10-2-3-13-15(6-10)22-18(21-13)26-8-16(23)11-4-9-5-17(24)20-14(9)7-12(11)19/h2-4,6-7H,5,8H2,1H3,(H,20,24)(H,21,22). The minimum atomic E-state index is -0.111. The van der Waals surface area contributed by atoms with Crippen molar-refractivity contribution in [3.63, 3.8) is 0 Å². The van der Waals surface area contributed by atoms with Crippen molar-refractivity contribution in [2.24, 2.45) is 0 Å². The van der Waals surface area contributed by atoms with Gasteiger partial charge in [-0.05, 0) is 29.8 Å². The number of halogens is 1. The molecule has 1 aliphatic heterocycles. The fraction of sp³-hybridized carbons (Fsp3) is 0.167. The Balaban J connectivity index is 1.51. The van der Waals surface area contributed by atoms with Crippen molar-refractivity contribution in [2.75, 3.05) is 18.2 Å². The van der Waals surface area contributed by atoms with Crippen molar-refractivity contribution in [3.8, 4) is 5.75 Å². The number of nitrogens with zero attached hydrogens (tertiary/aromatic N) is 1. The first kappa shape index (κ1) is 16.9. The summed E-state index contributed by atoms with van der Waals surface area (Å²) in [5.74, 6) is 0.728. The van der Waals surface area contributed by atoms with Crippen molar-refractivity contribution < 1.29 is 14.3 Å². The molecule has 3 aromatic rings. The third kappa shape index (κ3) is 3.15. The van der Waals surface area contributed by atoms with Gasteiger partial charge < -0.3 is 15.0 Å². The smallest absolute Gasteiger partial charge is 0.228 e. The summed E-state index contributed by atoms with van der Waals surface area (Å²) in [6.07, 6.45) is 0.269. The second-order valence-electron chi connectivity index (χ2n) is 5.85. The number of nitrogens with one attached hydrogen (secondary N) is 2. The van der Waals surface area contributed by atoms with E-state index in [4.69, 9.17) is 16.3 Å². The van der Waals surface area contributed by atoms with Crippen molar-refractivity contribution in [1.82, 2.24) is 9.97 Å². The average Bonchev–Trinajstić information content (AvgIpc) is 3.19. The SMILES string of the molecule is COc1ccc2nc(SCC(=O)c3cc4c(cc3Cl)NC(=O)C4)[nH]c2c1. The van der Waals surface area contributed by atoms with Crippen molar-refractivity contribution in [3.05, 3.63) is 46.5 Å². The summed E-state index contributed by atoms with van der Waals surface area (Å²) < 4.78 is 5.19. The highest BCUT2D eigenvalue weighted by atomic mass is 35.5. The van der Waals surface area contributed by atoms with E-state index in [-0.39, 0.29) is 23.9 Å². The van der Waals surface area contributed by atoms with E-state index in [1.807, 2.05) is 18.2 Å². The molecule has 132 valence electrons. The summed E-state index contributed by atoms with van der Waals surface area (Å²) in [5, 5.41) is 3.71. The van der Waals surface area contributed by atoms with Crippen LogP contribution >= 0.6 is 23.4 Å². The summed E-state index contributed by atoms with van der Waals surface area (Å²) >= 11 is 7.52. The third-order valence-electron chi connectivity index (χ3n) is 4.13. The molecule has 0 saturated carbocycles. The molecular formula is C18H14ClN3O3S. The van der Waals surface area contributed by atoms with Crippen LogP contribution in [0.4, 0.5) is 5.69 Å². The Labute approximate surface area is 158 Å².